The van der Waals surface area contributed by atoms with Gasteiger partial charge in [-0.2, -0.15) is 5.10 Å². The Morgan fingerprint density at radius 3 is 3.10 bits per heavy atom. The number of nitrogens with zero attached hydrogens (tertiary/aromatic N) is 2. The summed E-state index contributed by atoms with van der Waals surface area (Å²) < 4.78 is 10.4. The molecule has 0 aliphatic carbocycles. The van der Waals surface area contributed by atoms with Crippen LogP contribution in [0.25, 0.3) is 5.57 Å². The molecule has 0 saturated carbocycles. The molecular weight excluding hydrogens is 274 g/mol. The van der Waals surface area contributed by atoms with Gasteiger partial charge in [0, 0.05) is 32.1 Å². The Balaban J connectivity index is 1.81. The van der Waals surface area contributed by atoms with E-state index in [1.165, 1.54) is 10.5 Å². The lowest BCUT2D eigenvalue weighted by atomic mass is 10.1. The van der Waals surface area contributed by atoms with Crippen LogP contribution in [0.5, 0.6) is 0 Å². The van der Waals surface area contributed by atoms with Crippen LogP contribution in [0, 0.1) is 0 Å². The summed E-state index contributed by atoms with van der Waals surface area (Å²) in [6.45, 7) is 4.15. The summed E-state index contributed by atoms with van der Waals surface area (Å²) in [6.07, 6.45) is 5.38. The van der Waals surface area contributed by atoms with Gasteiger partial charge in [-0.1, -0.05) is 6.08 Å². The van der Waals surface area contributed by atoms with Gasteiger partial charge in [-0.05, 0) is 19.0 Å². The van der Waals surface area contributed by atoms with Crippen LogP contribution >= 0.6 is 11.8 Å². The molecule has 0 fully saturated rings. The summed E-state index contributed by atoms with van der Waals surface area (Å²) >= 11 is 1.79. The fourth-order valence-corrected chi connectivity index (χ4v) is 3.01. The Kier molecular flexibility index (Phi) is 6.59. The average molecular weight is 297 g/mol. The summed E-state index contributed by atoms with van der Waals surface area (Å²) in [5.74, 6) is 0.930. The first-order chi connectivity index (χ1) is 9.81. The third-order valence-corrected chi connectivity index (χ3v) is 4.16. The zero-order chi connectivity index (χ0) is 14.2. The smallest absolute Gasteiger partial charge is 0.103 e. The molecule has 6 heteroatoms. The van der Waals surface area contributed by atoms with E-state index in [-0.39, 0.29) is 0 Å². The van der Waals surface area contributed by atoms with Crippen molar-refractivity contribution in [2.24, 2.45) is 0 Å². The van der Waals surface area contributed by atoms with Gasteiger partial charge in [0.2, 0.25) is 0 Å². The number of hydrogen-bond donors (Lipinski definition) is 1. The predicted molar refractivity (Wildman–Crippen MR) is 82.1 cm³/mol. The fourth-order valence-electron chi connectivity index (χ4n) is 2.14. The first kappa shape index (κ1) is 15.6. The summed E-state index contributed by atoms with van der Waals surface area (Å²) in [5, 5.41) is 7.38. The molecule has 1 aromatic rings. The lowest BCUT2D eigenvalue weighted by Crippen LogP contribution is -2.25. The van der Waals surface area contributed by atoms with Crippen molar-refractivity contribution in [2.75, 3.05) is 52.8 Å². The van der Waals surface area contributed by atoms with Crippen LogP contribution < -0.4 is 0 Å². The molecule has 1 aromatic heterocycles. The number of ether oxygens (including phenoxy) is 2. The molecule has 1 aliphatic rings. The molecule has 0 radical (unpaired) electrons. The van der Waals surface area contributed by atoms with Crippen molar-refractivity contribution < 1.29 is 9.47 Å². The lowest BCUT2D eigenvalue weighted by Gasteiger charge is -2.22. The van der Waals surface area contributed by atoms with E-state index in [0.717, 1.165) is 37.6 Å². The second-order valence-electron chi connectivity index (χ2n) is 4.81. The molecule has 112 valence electrons. The highest BCUT2D eigenvalue weighted by Crippen LogP contribution is 2.28. The van der Waals surface area contributed by atoms with E-state index in [1.54, 1.807) is 18.9 Å². The topological polar surface area (TPSA) is 50.4 Å². The van der Waals surface area contributed by atoms with Crippen molar-refractivity contribution in [3.63, 3.8) is 0 Å². The molecule has 0 atom stereocenters. The van der Waals surface area contributed by atoms with Gasteiger partial charge < -0.3 is 14.4 Å². The van der Waals surface area contributed by atoms with Crippen LogP contribution in [-0.2, 0) is 9.47 Å². The summed E-state index contributed by atoms with van der Waals surface area (Å²) in [4.78, 5) is 3.54. The van der Waals surface area contributed by atoms with E-state index in [0.29, 0.717) is 13.2 Å². The van der Waals surface area contributed by atoms with Crippen molar-refractivity contribution in [1.82, 2.24) is 15.1 Å². The third kappa shape index (κ3) is 4.63. The van der Waals surface area contributed by atoms with Crippen LogP contribution in [0.2, 0.25) is 0 Å². The van der Waals surface area contributed by atoms with Gasteiger partial charge in [0.1, 0.15) is 5.69 Å². The fraction of sp³-hybridized carbons (Fsp3) is 0.643. The quantitative estimate of drug-likeness (QED) is 0.586. The van der Waals surface area contributed by atoms with E-state index in [2.05, 4.69) is 28.2 Å². The van der Waals surface area contributed by atoms with Gasteiger partial charge >= 0.3 is 0 Å². The highest BCUT2D eigenvalue weighted by molar-refractivity contribution is 7.99. The molecule has 20 heavy (non-hydrogen) atoms. The van der Waals surface area contributed by atoms with E-state index < -0.39 is 0 Å². The van der Waals surface area contributed by atoms with E-state index in [9.17, 15) is 0 Å². The zero-order valence-corrected chi connectivity index (χ0v) is 13.0. The Morgan fingerprint density at radius 1 is 1.40 bits per heavy atom. The molecule has 0 amide bonds. The van der Waals surface area contributed by atoms with Crippen LogP contribution in [0.3, 0.4) is 0 Å². The first-order valence-corrected chi connectivity index (χ1v) is 7.91. The van der Waals surface area contributed by atoms with Gasteiger partial charge in [0.15, 0.2) is 0 Å². The van der Waals surface area contributed by atoms with E-state index in [4.69, 9.17) is 9.47 Å². The molecule has 0 saturated heterocycles. The van der Waals surface area contributed by atoms with Gasteiger partial charge in [-0.15, -0.1) is 11.8 Å². The number of thioether (sulfide) groups is 1. The highest BCUT2D eigenvalue weighted by Gasteiger charge is 2.16. The first-order valence-electron chi connectivity index (χ1n) is 6.92. The molecule has 1 N–H and O–H groups in total. The molecule has 2 rings (SSSR count). The normalized spacial score (nSPS) is 16.4. The standard InChI is InChI=1S/C14H23N3O2S/c1-17-5-3-4-12(11-17)14-13(10-15-16-14)20-9-8-19-7-6-18-2/h4,10H,3,5-9,11H2,1-2H3,(H,15,16). The molecule has 0 aromatic carbocycles. The van der Waals surface area contributed by atoms with Crippen molar-refractivity contribution >= 4 is 17.3 Å². The zero-order valence-electron chi connectivity index (χ0n) is 12.2. The number of hydrogen-bond acceptors (Lipinski definition) is 5. The Morgan fingerprint density at radius 2 is 2.30 bits per heavy atom. The maximum atomic E-state index is 5.48. The molecule has 2 heterocycles. The van der Waals surface area contributed by atoms with Gasteiger partial charge in [-0.3, -0.25) is 5.10 Å². The largest absolute Gasteiger partial charge is 0.382 e. The minimum absolute atomic E-state index is 0.654. The molecule has 0 bridgehead atoms. The van der Waals surface area contributed by atoms with E-state index >= 15 is 0 Å². The SMILES string of the molecule is COCCOCCSc1c[nH]nc1C1=CCCN(C)C1. The van der Waals surface area contributed by atoms with Gasteiger partial charge in [-0.25, -0.2) is 0 Å². The summed E-state index contributed by atoms with van der Waals surface area (Å²) in [5.41, 5.74) is 2.42. The second-order valence-corrected chi connectivity index (χ2v) is 5.94. The predicted octanol–water partition coefficient (Wildman–Crippen LogP) is 1.88. The molecule has 0 spiro atoms. The Bertz CT molecular complexity index is 434. The Hall–Kier alpha value is -0.820. The highest BCUT2D eigenvalue weighted by atomic mass is 32.2. The maximum absolute atomic E-state index is 5.48. The minimum atomic E-state index is 0.654. The van der Waals surface area contributed by atoms with Gasteiger partial charge in [0.25, 0.3) is 0 Å². The Labute approximate surface area is 124 Å². The molecule has 5 nitrogen and oxygen atoms in total. The van der Waals surface area contributed by atoms with Crippen molar-refractivity contribution in [2.45, 2.75) is 11.3 Å². The number of likely N-dealkylation sites (N-methyl/N-ethyl adjacent to an activating group) is 1. The third-order valence-electron chi connectivity index (χ3n) is 3.17. The monoisotopic (exact) mass is 297 g/mol. The number of aromatic nitrogens is 2. The van der Waals surface area contributed by atoms with Crippen LogP contribution in [-0.4, -0.2) is 67.9 Å². The van der Waals surface area contributed by atoms with Crippen LogP contribution in [0.1, 0.15) is 12.1 Å². The molecular formula is C14H23N3O2S. The van der Waals surface area contributed by atoms with Crippen LogP contribution in [0.15, 0.2) is 17.2 Å². The number of H-pyrrole nitrogens is 1. The molecule has 1 aliphatic heterocycles. The number of nitrogens with one attached hydrogen (secondary N) is 1. The summed E-state index contributed by atoms with van der Waals surface area (Å²) in [6, 6.07) is 0. The van der Waals surface area contributed by atoms with Crippen molar-refractivity contribution in [1.29, 1.82) is 0 Å². The summed E-state index contributed by atoms with van der Waals surface area (Å²) in [7, 11) is 3.83. The van der Waals surface area contributed by atoms with Crippen LogP contribution in [0.4, 0.5) is 0 Å². The average Bonchev–Trinajstić information content (AvgIpc) is 2.91. The minimum Gasteiger partial charge on any atom is -0.382 e. The second kappa shape index (κ2) is 8.46. The van der Waals surface area contributed by atoms with E-state index in [1.807, 2.05) is 6.20 Å². The number of aromatic amines is 1. The van der Waals surface area contributed by atoms with Crippen molar-refractivity contribution in [3.05, 3.63) is 18.0 Å². The number of methoxy groups -OCH3 is 1. The number of rotatable bonds is 8. The lowest BCUT2D eigenvalue weighted by molar-refractivity contribution is 0.0790. The van der Waals surface area contributed by atoms with Crippen molar-refractivity contribution in [3.8, 4) is 0 Å². The maximum Gasteiger partial charge on any atom is 0.103 e. The molecule has 0 unspecified atom stereocenters. The van der Waals surface area contributed by atoms with Gasteiger partial charge in [0.05, 0.1) is 24.7 Å².